The predicted octanol–water partition coefficient (Wildman–Crippen LogP) is 5.82. The zero-order chi connectivity index (χ0) is 23.8. The van der Waals surface area contributed by atoms with E-state index in [9.17, 15) is 14.7 Å². The molecule has 0 saturated carbocycles. The highest BCUT2D eigenvalue weighted by molar-refractivity contribution is 9.10. The number of rotatable bonds is 5. The molecule has 0 saturated heterocycles. The Morgan fingerprint density at radius 2 is 1.59 bits per heavy atom. The number of carbonyl (C=O) groups excluding carboxylic acids is 2. The monoisotopic (exact) mass is 521 g/mol. The number of methoxy groups -OCH3 is 1. The largest absolute Gasteiger partial charge is 0.503 e. The number of allylic oxidation sites excluding steroid dienone is 4. The second-order valence-electron chi connectivity index (χ2n) is 9.15. The van der Waals surface area contributed by atoms with Crippen molar-refractivity contribution in [1.29, 1.82) is 0 Å². The third-order valence-corrected chi connectivity index (χ3v) is 7.76. The van der Waals surface area contributed by atoms with Crippen molar-refractivity contribution < 1.29 is 19.4 Å². The van der Waals surface area contributed by atoms with Crippen LogP contribution < -0.4 is 4.74 Å². The van der Waals surface area contributed by atoms with Crippen LogP contribution in [-0.2, 0) is 16.0 Å². The number of ketones is 2. The Kier molecular flexibility index (Phi) is 6.34. The number of benzene rings is 2. The van der Waals surface area contributed by atoms with Gasteiger partial charge in [-0.3, -0.25) is 9.59 Å². The molecule has 2 aliphatic carbocycles. The topological polar surface area (TPSA) is 66.8 Å². The average Bonchev–Trinajstić information content (AvgIpc) is 2.85. The van der Waals surface area contributed by atoms with Crippen LogP contribution in [0.3, 0.4) is 0 Å². The SMILES string of the molecule is COc1cc(C2C3=C(CCCC3=O)N(CCc3ccccc3)C3=C2C(=O)CCC3)cc(Br)c1O. The highest BCUT2D eigenvalue weighted by Crippen LogP contribution is 2.50. The van der Waals surface area contributed by atoms with E-state index in [-0.39, 0.29) is 17.3 Å². The summed E-state index contributed by atoms with van der Waals surface area (Å²) in [6, 6.07) is 13.9. The lowest BCUT2D eigenvalue weighted by Crippen LogP contribution is -2.40. The van der Waals surface area contributed by atoms with Crippen molar-refractivity contribution in [2.24, 2.45) is 0 Å². The highest BCUT2D eigenvalue weighted by Gasteiger charge is 2.43. The molecule has 2 aromatic carbocycles. The normalized spacial score (nSPS) is 18.8. The highest BCUT2D eigenvalue weighted by atomic mass is 79.9. The quantitative estimate of drug-likeness (QED) is 0.536. The number of hydrogen-bond acceptors (Lipinski definition) is 5. The summed E-state index contributed by atoms with van der Waals surface area (Å²) >= 11 is 3.43. The van der Waals surface area contributed by atoms with Gasteiger partial charge >= 0.3 is 0 Å². The number of Topliss-reactive ketones (excluding diaryl/α,β-unsaturated/α-hetero) is 2. The van der Waals surface area contributed by atoms with Crippen molar-refractivity contribution in [2.75, 3.05) is 13.7 Å². The molecule has 0 bridgehead atoms. The van der Waals surface area contributed by atoms with E-state index in [0.29, 0.717) is 23.1 Å². The molecule has 34 heavy (non-hydrogen) atoms. The zero-order valence-corrected chi connectivity index (χ0v) is 20.9. The molecule has 1 N–H and O–H groups in total. The molecular weight excluding hydrogens is 494 g/mol. The van der Waals surface area contributed by atoms with Crippen LogP contribution in [0.25, 0.3) is 0 Å². The minimum absolute atomic E-state index is 0.0138. The molecule has 0 radical (unpaired) electrons. The third kappa shape index (κ3) is 3.98. The number of phenolic OH excluding ortho intramolecular Hbond substituents is 1. The van der Waals surface area contributed by atoms with E-state index in [1.165, 1.54) is 12.7 Å². The molecule has 3 aliphatic rings. The number of ether oxygens (including phenoxy) is 1. The molecule has 0 spiro atoms. The molecule has 0 unspecified atom stereocenters. The van der Waals surface area contributed by atoms with Crippen molar-refractivity contribution >= 4 is 27.5 Å². The lowest BCUT2D eigenvalue weighted by atomic mass is 9.71. The van der Waals surface area contributed by atoms with E-state index in [2.05, 4.69) is 33.0 Å². The van der Waals surface area contributed by atoms with Crippen LogP contribution in [0.15, 0.2) is 69.5 Å². The van der Waals surface area contributed by atoms with E-state index in [0.717, 1.165) is 66.8 Å². The Labute approximate surface area is 208 Å². The van der Waals surface area contributed by atoms with Gasteiger partial charge in [-0.1, -0.05) is 30.3 Å². The minimum Gasteiger partial charge on any atom is -0.503 e. The maximum absolute atomic E-state index is 13.4. The first-order chi connectivity index (χ1) is 16.5. The van der Waals surface area contributed by atoms with Gasteiger partial charge in [-0.15, -0.1) is 0 Å². The van der Waals surface area contributed by atoms with E-state index in [1.54, 1.807) is 6.07 Å². The molecule has 1 aliphatic heterocycles. The first kappa shape index (κ1) is 22.9. The van der Waals surface area contributed by atoms with Crippen LogP contribution in [0.1, 0.15) is 55.6 Å². The van der Waals surface area contributed by atoms with Crippen molar-refractivity contribution in [3.8, 4) is 11.5 Å². The van der Waals surface area contributed by atoms with Gasteiger partial charge in [0.05, 0.1) is 11.6 Å². The van der Waals surface area contributed by atoms with Gasteiger partial charge < -0.3 is 14.7 Å². The van der Waals surface area contributed by atoms with E-state index in [4.69, 9.17) is 4.74 Å². The average molecular weight is 522 g/mol. The lowest BCUT2D eigenvalue weighted by Gasteiger charge is -2.44. The lowest BCUT2D eigenvalue weighted by molar-refractivity contribution is -0.117. The number of halogens is 1. The number of phenols is 1. The smallest absolute Gasteiger partial charge is 0.172 e. The van der Waals surface area contributed by atoms with Crippen LogP contribution in [0.4, 0.5) is 0 Å². The fourth-order valence-electron chi connectivity index (χ4n) is 5.62. The molecule has 2 aromatic rings. The van der Waals surface area contributed by atoms with Crippen LogP contribution in [0.2, 0.25) is 0 Å². The van der Waals surface area contributed by atoms with Gasteiger partial charge in [0.1, 0.15) is 0 Å². The van der Waals surface area contributed by atoms with Gasteiger partial charge in [0.15, 0.2) is 23.1 Å². The predicted molar refractivity (Wildman–Crippen MR) is 134 cm³/mol. The Bertz CT molecular complexity index is 1170. The number of nitrogens with zero attached hydrogens (tertiary/aromatic N) is 1. The maximum Gasteiger partial charge on any atom is 0.172 e. The minimum atomic E-state index is -0.427. The number of hydrogen-bond donors (Lipinski definition) is 1. The zero-order valence-electron chi connectivity index (χ0n) is 19.3. The van der Waals surface area contributed by atoms with Gasteiger partial charge in [0.2, 0.25) is 0 Å². The Morgan fingerprint density at radius 1 is 0.971 bits per heavy atom. The van der Waals surface area contributed by atoms with Crippen molar-refractivity contribution in [3.05, 3.63) is 80.6 Å². The first-order valence-electron chi connectivity index (χ1n) is 11.9. The molecule has 0 atom stereocenters. The Morgan fingerprint density at radius 3 is 2.18 bits per heavy atom. The van der Waals surface area contributed by atoms with E-state index < -0.39 is 5.92 Å². The molecule has 5 nitrogen and oxygen atoms in total. The van der Waals surface area contributed by atoms with Crippen LogP contribution in [0.5, 0.6) is 11.5 Å². The molecule has 1 heterocycles. The third-order valence-electron chi connectivity index (χ3n) is 7.16. The van der Waals surface area contributed by atoms with Gasteiger partial charge in [-0.2, -0.15) is 0 Å². The maximum atomic E-state index is 13.4. The summed E-state index contributed by atoms with van der Waals surface area (Å²) in [4.78, 5) is 29.1. The Hall–Kier alpha value is -2.86. The molecule has 0 aromatic heterocycles. The standard InChI is InChI=1S/C28H28BrNO4/c1-34-24-16-18(15-19(29)28(24)33)25-26-20(9-5-11-22(26)31)30(14-13-17-7-3-2-4-8-17)21-10-6-12-23(32)27(21)25/h2-4,7-8,15-16,25,33H,5-6,9-14H2,1H3. The van der Waals surface area contributed by atoms with Crippen molar-refractivity contribution in [2.45, 2.75) is 50.9 Å². The summed E-state index contributed by atoms with van der Waals surface area (Å²) in [5.74, 6) is 0.143. The van der Waals surface area contributed by atoms with Crippen LogP contribution in [0, 0.1) is 0 Å². The van der Waals surface area contributed by atoms with Gasteiger partial charge in [0, 0.05) is 47.8 Å². The summed E-state index contributed by atoms with van der Waals surface area (Å²) in [6.07, 6.45) is 5.14. The first-order valence-corrected chi connectivity index (χ1v) is 12.7. The molecular formula is C28H28BrNO4. The molecule has 6 heteroatoms. The van der Waals surface area contributed by atoms with Crippen LogP contribution >= 0.6 is 15.9 Å². The number of carbonyl (C=O) groups is 2. The number of aromatic hydroxyl groups is 1. The van der Waals surface area contributed by atoms with Crippen LogP contribution in [-0.4, -0.2) is 35.2 Å². The molecule has 0 amide bonds. The second-order valence-corrected chi connectivity index (χ2v) is 10.0. The van der Waals surface area contributed by atoms with Gasteiger partial charge in [-0.05, 0) is 71.3 Å². The Balaban J connectivity index is 1.66. The van der Waals surface area contributed by atoms with Crippen molar-refractivity contribution in [3.63, 3.8) is 0 Å². The fourth-order valence-corrected chi connectivity index (χ4v) is 6.08. The summed E-state index contributed by atoms with van der Waals surface area (Å²) in [5, 5.41) is 10.4. The van der Waals surface area contributed by atoms with Gasteiger partial charge in [0.25, 0.3) is 0 Å². The fraction of sp³-hybridized carbons (Fsp3) is 0.357. The molecule has 176 valence electrons. The van der Waals surface area contributed by atoms with Crippen molar-refractivity contribution in [1.82, 2.24) is 4.90 Å². The summed E-state index contributed by atoms with van der Waals surface area (Å²) in [6.45, 7) is 0.748. The van der Waals surface area contributed by atoms with E-state index in [1.807, 2.05) is 24.3 Å². The molecule has 0 fully saturated rings. The summed E-state index contributed by atoms with van der Waals surface area (Å²) in [7, 11) is 1.50. The summed E-state index contributed by atoms with van der Waals surface area (Å²) < 4.78 is 5.89. The summed E-state index contributed by atoms with van der Waals surface area (Å²) in [5.41, 5.74) is 5.66. The molecule has 5 rings (SSSR count). The van der Waals surface area contributed by atoms with Gasteiger partial charge in [-0.25, -0.2) is 0 Å². The van der Waals surface area contributed by atoms with E-state index >= 15 is 0 Å². The second kappa shape index (κ2) is 9.41.